The maximum atomic E-state index is 3.98. The van der Waals surface area contributed by atoms with Crippen molar-refractivity contribution in [3.8, 4) is 0 Å². The van der Waals surface area contributed by atoms with Gasteiger partial charge in [0, 0.05) is 18.1 Å². The van der Waals surface area contributed by atoms with E-state index in [2.05, 4.69) is 27.6 Å². The molecule has 2 aliphatic rings. The first kappa shape index (κ1) is 11.6. The molecule has 0 saturated heterocycles. The van der Waals surface area contributed by atoms with Crippen LogP contribution in [0.4, 0.5) is 0 Å². The van der Waals surface area contributed by atoms with Gasteiger partial charge >= 0.3 is 0 Å². The van der Waals surface area contributed by atoms with Crippen molar-refractivity contribution in [1.29, 1.82) is 0 Å². The molecule has 0 bridgehead atoms. The summed E-state index contributed by atoms with van der Waals surface area (Å²) in [6.45, 7) is 0. The Morgan fingerprint density at radius 1 is 0.778 bits per heavy atom. The maximum absolute atomic E-state index is 3.98. The molecule has 3 nitrogen and oxygen atoms in total. The van der Waals surface area contributed by atoms with Crippen LogP contribution in [0.15, 0.2) is 18.6 Å². The zero-order valence-electron chi connectivity index (χ0n) is 10.8. The average Bonchev–Trinajstić information content (AvgIpc) is 3.08. The number of hydrogen-bond acceptors (Lipinski definition) is 1. The molecule has 0 unspecified atom stereocenters. The molecule has 2 aromatic rings. The Bertz CT molecular complexity index is 408. The van der Waals surface area contributed by atoms with Crippen molar-refractivity contribution in [3.63, 3.8) is 0 Å². The van der Waals surface area contributed by atoms with Crippen molar-refractivity contribution in [2.45, 2.75) is 51.4 Å². The number of aromatic amines is 2. The van der Waals surface area contributed by atoms with E-state index in [0.29, 0.717) is 0 Å². The fourth-order valence-electron chi connectivity index (χ4n) is 2.91. The summed E-state index contributed by atoms with van der Waals surface area (Å²) in [5, 5.41) is 6.99. The maximum Gasteiger partial charge on any atom is 0.0522 e. The highest BCUT2D eigenvalue weighted by Crippen LogP contribution is 2.19. The second-order valence-electron chi connectivity index (χ2n) is 5.29. The van der Waals surface area contributed by atoms with Gasteiger partial charge in [0.1, 0.15) is 0 Å². The zero-order chi connectivity index (χ0) is 12.2. The molecule has 4 rings (SSSR count). The van der Waals surface area contributed by atoms with Crippen LogP contribution >= 0.6 is 0 Å². The fraction of sp³-hybridized carbons (Fsp3) is 0.533. The third-order valence-corrected chi connectivity index (χ3v) is 4.00. The predicted molar refractivity (Wildman–Crippen MR) is 72.7 cm³/mol. The monoisotopic (exact) mass is 243 g/mol. The quantitative estimate of drug-likeness (QED) is 0.733. The van der Waals surface area contributed by atoms with E-state index in [1.165, 1.54) is 62.6 Å². The molecule has 0 aliphatic heterocycles. The van der Waals surface area contributed by atoms with Crippen LogP contribution in [0.3, 0.4) is 0 Å². The molecule has 2 heterocycles. The van der Waals surface area contributed by atoms with E-state index in [1.807, 2.05) is 6.20 Å². The first-order valence-corrected chi connectivity index (χ1v) is 7.09. The molecule has 3 heteroatoms. The Morgan fingerprint density at radius 3 is 2.06 bits per heavy atom. The van der Waals surface area contributed by atoms with Gasteiger partial charge in [-0.25, -0.2) is 0 Å². The number of aromatic nitrogens is 3. The van der Waals surface area contributed by atoms with Crippen molar-refractivity contribution >= 4 is 0 Å². The smallest absolute Gasteiger partial charge is 0.0522 e. The van der Waals surface area contributed by atoms with Gasteiger partial charge in [-0.1, -0.05) is 0 Å². The van der Waals surface area contributed by atoms with Crippen molar-refractivity contribution in [2.75, 3.05) is 0 Å². The van der Waals surface area contributed by atoms with Crippen LogP contribution < -0.4 is 0 Å². The molecular formula is C15H21N3. The summed E-state index contributed by atoms with van der Waals surface area (Å²) in [5.74, 6) is 0. The van der Waals surface area contributed by atoms with Gasteiger partial charge in [0.15, 0.2) is 0 Å². The van der Waals surface area contributed by atoms with Crippen LogP contribution in [-0.4, -0.2) is 15.2 Å². The molecule has 0 fully saturated rings. The largest absolute Gasteiger partial charge is 0.367 e. The number of nitrogens with zero attached hydrogens (tertiary/aromatic N) is 1. The third kappa shape index (κ3) is 2.50. The molecule has 0 amide bonds. The average molecular weight is 243 g/mol. The number of H-pyrrole nitrogens is 2. The third-order valence-electron chi connectivity index (χ3n) is 4.00. The van der Waals surface area contributed by atoms with E-state index in [-0.39, 0.29) is 0 Å². The van der Waals surface area contributed by atoms with Crippen LogP contribution in [0.5, 0.6) is 0 Å². The van der Waals surface area contributed by atoms with Gasteiger partial charge in [0.2, 0.25) is 0 Å². The molecule has 0 saturated carbocycles. The molecule has 0 atom stereocenters. The number of hydrogen-bond donors (Lipinski definition) is 2. The van der Waals surface area contributed by atoms with Crippen LogP contribution in [0.25, 0.3) is 0 Å². The van der Waals surface area contributed by atoms with E-state index in [4.69, 9.17) is 0 Å². The van der Waals surface area contributed by atoms with E-state index < -0.39 is 0 Å². The molecular weight excluding hydrogens is 222 g/mol. The summed E-state index contributed by atoms with van der Waals surface area (Å²) >= 11 is 0. The van der Waals surface area contributed by atoms with Crippen LogP contribution in [-0.2, 0) is 25.7 Å². The minimum absolute atomic E-state index is 1.20. The standard InChI is InChI=1S/C8H11N.C7H10N2/c1-2-4-8-6-9-5-7(8)3-1;1-2-4-7-6(3-1)5-8-9-7/h5-6,9H,1-4H2;5H,1-4H2,(H,8,9). The lowest BCUT2D eigenvalue weighted by Crippen LogP contribution is -1.99. The lowest BCUT2D eigenvalue weighted by molar-refractivity contribution is 0.675. The van der Waals surface area contributed by atoms with Crippen LogP contribution in [0.2, 0.25) is 0 Å². The van der Waals surface area contributed by atoms with Gasteiger partial charge < -0.3 is 4.98 Å². The Labute approximate surface area is 108 Å². The Kier molecular flexibility index (Phi) is 3.49. The molecule has 18 heavy (non-hydrogen) atoms. The SMILES string of the molecule is c1[nH]cc2c1CCCC2.c1n[nH]c2c1CCCC2. The Balaban J connectivity index is 0.000000111. The van der Waals surface area contributed by atoms with E-state index in [1.54, 1.807) is 11.1 Å². The molecule has 0 radical (unpaired) electrons. The van der Waals surface area contributed by atoms with Crippen molar-refractivity contribution in [1.82, 2.24) is 15.2 Å². The zero-order valence-corrected chi connectivity index (χ0v) is 10.8. The van der Waals surface area contributed by atoms with Gasteiger partial charge in [-0.2, -0.15) is 5.10 Å². The molecule has 2 aromatic heterocycles. The molecule has 96 valence electrons. The predicted octanol–water partition coefficient (Wildman–Crippen LogP) is 3.18. The molecule has 0 aromatic carbocycles. The van der Waals surface area contributed by atoms with Crippen LogP contribution in [0.1, 0.15) is 48.1 Å². The van der Waals surface area contributed by atoms with Crippen molar-refractivity contribution in [2.24, 2.45) is 0 Å². The van der Waals surface area contributed by atoms with Gasteiger partial charge in [0.05, 0.1) is 6.20 Å². The summed E-state index contributed by atoms with van der Waals surface area (Å²) in [6.07, 6.45) is 16.7. The Hall–Kier alpha value is -1.51. The summed E-state index contributed by atoms with van der Waals surface area (Å²) in [4.78, 5) is 3.14. The number of aryl methyl sites for hydroxylation is 4. The molecule has 0 spiro atoms. The summed E-state index contributed by atoms with van der Waals surface area (Å²) < 4.78 is 0. The highest BCUT2D eigenvalue weighted by molar-refractivity contribution is 5.25. The van der Waals surface area contributed by atoms with Gasteiger partial charge in [-0.3, -0.25) is 5.10 Å². The minimum atomic E-state index is 1.20. The van der Waals surface area contributed by atoms with Gasteiger partial charge in [-0.15, -0.1) is 0 Å². The lowest BCUT2D eigenvalue weighted by atomic mass is 9.96. The van der Waals surface area contributed by atoms with Crippen molar-refractivity contribution < 1.29 is 0 Å². The summed E-state index contributed by atoms with van der Waals surface area (Å²) in [6, 6.07) is 0. The number of nitrogens with one attached hydrogen (secondary N) is 2. The highest BCUT2D eigenvalue weighted by Gasteiger charge is 2.09. The normalized spacial score (nSPS) is 17.3. The number of rotatable bonds is 0. The Morgan fingerprint density at radius 2 is 1.39 bits per heavy atom. The second kappa shape index (κ2) is 5.42. The summed E-state index contributed by atoms with van der Waals surface area (Å²) in [7, 11) is 0. The van der Waals surface area contributed by atoms with Crippen LogP contribution in [0, 0.1) is 0 Å². The fourth-order valence-corrected chi connectivity index (χ4v) is 2.91. The highest BCUT2D eigenvalue weighted by atomic mass is 15.1. The topological polar surface area (TPSA) is 44.5 Å². The molecule has 2 aliphatic carbocycles. The van der Waals surface area contributed by atoms with Gasteiger partial charge in [0.25, 0.3) is 0 Å². The van der Waals surface area contributed by atoms with Gasteiger partial charge in [-0.05, 0) is 68.1 Å². The minimum Gasteiger partial charge on any atom is -0.367 e. The number of fused-ring (bicyclic) bond motifs is 2. The molecule has 2 N–H and O–H groups in total. The second-order valence-corrected chi connectivity index (χ2v) is 5.29. The first-order valence-electron chi connectivity index (χ1n) is 7.09. The van der Waals surface area contributed by atoms with E-state index >= 15 is 0 Å². The van der Waals surface area contributed by atoms with E-state index in [9.17, 15) is 0 Å². The first-order chi connectivity index (χ1) is 8.93. The summed E-state index contributed by atoms with van der Waals surface area (Å²) in [5.41, 5.74) is 5.88. The van der Waals surface area contributed by atoms with E-state index in [0.717, 1.165) is 0 Å². The lowest BCUT2D eigenvalue weighted by Gasteiger charge is -2.08. The van der Waals surface area contributed by atoms with Crippen molar-refractivity contribution in [3.05, 3.63) is 41.0 Å².